The van der Waals surface area contributed by atoms with Crippen LogP contribution < -0.4 is 0 Å². The lowest BCUT2D eigenvalue weighted by Crippen LogP contribution is -2.14. The van der Waals surface area contributed by atoms with E-state index in [9.17, 15) is 0 Å². The third kappa shape index (κ3) is 2.79. The summed E-state index contributed by atoms with van der Waals surface area (Å²) in [6.45, 7) is 0. The number of hydrogen-bond acceptors (Lipinski definition) is 5. The van der Waals surface area contributed by atoms with Crippen molar-refractivity contribution >= 4 is 22.9 Å². The molecule has 0 bridgehead atoms. The Bertz CT molecular complexity index is 730. The van der Waals surface area contributed by atoms with Crippen LogP contribution >= 0.6 is 11.8 Å². The molecule has 2 aromatic rings. The second-order valence-corrected chi connectivity index (χ2v) is 6.08. The Hall–Kier alpha value is -2.24. The van der Waals surface area contributed by atoms with Crippen LogP contribution in [0.5, 0.6) is 0 Å². The van der Waals surface area contributed by atoms with Crippen molar-refractivity contribution in [1.29, 1.82) is 10.5 Å². The van der Waals surface area contributed by atoms with E-state index in [1.54, 1.807) is 0 Å². The van der Waals surface area contributed by atoms with Crippen molar-refractivity contribution in [1.82, 2.24) is 4.98 Å². The van der Waals surface area contributed by atoms with E-state index in [0.29, 0.717) is 5.22 Å². The first-order chi connectivity index (χ1) is 10.3. The number of rotatable bonds is 2. The SMILES string of the molecule is N#CC(C#N)=C1CCCCC1Sc1nc2ccccc2o1. The number of hydrogen-bond donors (Lipinski definition) is 0. The van der Waals surface area contributed by atoms with E-state index in [-0.39, 0.29) is 10.8 Å². The fraction of sp³-hybridized carbons (Fsp3) is 0.312. The van der Waals surface area contributed by atoms with Gasteiger partial charge in [0.25, 0.3) is 5.22 Å². The van der Waals surface area contributed by atoms with Gasteiger partial charge in [0.05, 0.1) is 0 Å². The van der Waals surface area contributed by atoms with E-state index < -0.39 is 0 Å². The quantitative estimate of drug-likeness (QED) is 0.776. The molecule has 0 spiro atoms. The summed E-state index contributed by atoms with van der Waals surface area (Å²) in [5, 5.41) is 18.9. The lowest BCUT2D eigenvalue weighted by Gasteiger charge is -2.23. The molecule has 1 aliphatic rings. The highest BCUT2D eigenvalue weighted by atomic mass is 32.2. The standard InChI is InChI=1S/C16H13N3OS/c17-9-11(10-18)12-5-1-4-8-15(12)21-16-19-13-6-2-3-7-14(13)20-16/h2-3,6-7,15H,1,4-5,8H2. The summed E-state index contributed by atoms with van der Waals surface area (Å²) in [5.74, 6) is 0. The Morgan fingerprint density at radius 1 is 1.24 bits per heavy atom. The van der Waals surface area contributed by atoms with Crippen LogP contribution in [0, 0.1) is 22.7 Å². The molecule has 1 heterocycles. The summed E-state index contributed by atoms with van der Waals surface area (Å²) in [7, 11) is 0. The van der Waals surface area contributed by atoms with E-state index in [1.165, 1.54) is 11.8 Å². The van der Waals surface area contributed by atoms with Crippen molar-refractivity contribution in [3.8, 4) is 12.1 Å². The number of para-hydroxylation sites is 2. The Balaban J connectivity index is 1.90. The fourth-order valence-corrected chi connectivity index (χ4v) is 3.78. The molecule has 0 aliphatic heterocycles. The van der Waals surface area contributed by atoms with Crippen LogP contribution in [0.1, 0.15) is 25.7 Å². The van der Waals surface area contributed by atoms with Crippen LogP contribution in [0.2, 0.25) is 0 Å². The normalized spacial score (nSPS) is 18.2. The van der Waals surface area contributed by atoms with Crippen LogP contribution in [0.3, 0.4) is 0 Å². The van der Waals surface area contributed by atoms with Crippen molar-refractivity contribution in [3.05, 3.63) is 35.4 Å². The van der Waals surface area contributed by atoms with Gasteiger partial charge in [0.2, 0.25) is 0 Å². The lowest BCUT2D eigenvalue weighted by atomic mass is 9.91. The smallest absolute Gasteiger partial charge is 0.257 e. The number of oxazole rings is 1. The molecular weight excluding hydrogens is 282 g/mol. The molecule has 0 N–H and O–H groups in total. The zero-order valence-electron chi connectivity index (χ0n) is 11.4. The number of aromatic nitrogens is 1. The molecule has 104 valence electrons. The van der Waals surface area contributed by atoms with E-state index in [2.05, 4.69) is 4.98 Å². The second-order valence-electron chi connectivity index (χ2n) is 4.92. The molecule has 1 saturated carbocycles. The first kappa shape index (κ1) is 13.7. The van der Waals surface area contributed by atoms with Crippen molar-refractivity contribution < 1.29 is 4.42 Å². The third-order valence-electron chi connectivity index (χ3n) is 3.61. The monoisotopic (exact) mass is 295 g/mol. The summed E-state index contributed by atoms with van der Waals surface area (Å²) >= 11 is 1.52. The molecular formula is C16H13N3OS. The molecule has 1 aliphatic carbocycles. The molecule has 0 saturated heterocycles. The molecule has 5 heteroatoms. The number of nitrogens with zero attached hydrogens (tertiary/aromatic N) is 3. The van der Waals surface area contributed by atoms with Crippen molar-refractivity contribution in [2.75, 3.05) is 0 Å². The maximum atomic E-state index is 9.10. The highest BCUT2D eigenvalue weighted by Gasteiger charge is 2.25. The first-order valence-electron chi connectivity index (χ1n) is 6.87. The average molecular weight is 295 g/mol. The van der Waals surface area contributed by atoms with E-state index >= 15 is 0 Å². The van der Waals surface area contributed by atoms with Gasteiger partial charge in [0.1, 0.15) is 23.2 Å². The van der Waals surface area contributed by atoms with Gasteiger partial charge in [-0.15, -0.1) is 0 Å². The van der Waals surface area contributed by atoms with Crippen molar-refractivity contribution in [2.45, 2.75) is 36.2 Å². The van der Waals surface area contributed by atoms with Crippen LogP contribution in [-0.4, -0.2) is 10.2 Å². The average Bonchev–Trinajstić information content (AvgIpc) is 2.92. The Kier molecular flexibility index (Phi) is 3.94. The Labute approximate surface area is 127 Å². The summed E-state index contributed by atoms with van der Waals surface area (Å²) in [6.07, 6.45) is 3.90. The van der Waals surface area contributed by atoms with E-state index in [0.717, 1.165) is 42.4 Å². The minimum absolute atomic E-state index is 0.112. The van der Waals surface area contributed by atoms with Gasteiger partial charge in [-0.3, -0.25) is 0 Å². The summed E-state index contributed by atoms with van der Waals surface area (Å²) in [6, 6.07) is 11.7. The van der Waals surface area contributed by atoms with Gasteiger partial charge in [0.15, 0.2) is 5.58 Å². The summed E-state index contributed by atoms with van der Waals surface area (Å²) < 4.78 is 5.73. The molecule has 0 radical (unpaired) electrons. The van der Waals surface area contributed by atoms with Gasteiger partial charge in [-0.2, -0.15) is 10.5 Å². The fourth-order valence-electron chi connectivity index (χ4n) is 2.59. The maximum absolute atomic E-state index is 9.10. The lowest BCUT2D eigenvalue weighted by molar-refractivity contribution is 0.486. The summed E-state index contributed by atoms with van der Waals surface area (Å²) in [5.41, 5.74) is 2.80. The van der Waals surface area contributed by atoms with Gasteiger partial charge in [-0.25, -0.2) is 4.98 Å². The van der Waals surface area contributed by atoms with Crippen LogP contribution in [-0.2, 0) is 0 Å². The van der Waals surface area contributed by atoms with Crippen LogP contribution in [0.25, 0.3) is 11.1 Å². The first-order valence-corrected chi connectivity index (χ1v) is 7.75. The number of benzene rings is 1. The molecule has 0 amide bonds. The molecule has 4 nitrogen and oxygen atoms in total. The Morgan fingerprint density at radius 3 is 2.81 bits per heavy atom. The molecule has 3 rings (SSSR count). The second kappa shape index (κ2) is 6.03. The molecule has 1 aromatic heterocycles. The number of fused-ring (bicyclic) bond motifs is 1. The van der Waals surface area contributed by atoms with Crippen molar-refractivity contribution in [2.24, 2.45) is 0 Å². The molecule has 21 heavy (non-hydrogen) atoms. The van der Waals surface area contributed by atoms with Crippen molar-refractivity contribution in [3.63, 3.8) is 0 Å². The number of nitriles is 2. The predicted octanol–water partition coefficient (Wildman–Crippen LogP) is 4.21. The number of allylic oxidation sites excluding steroid dienone is 1. The minimum atomic E-state index is 0.112. The van der Waals surface area contributed by atoms with Gasteiger partial charge in [0, 0.05) is 5.25 Å². The highest BCUT2D eigenvalue weighted by Crippen LogP contribution is 2.39. The van der Waals surface area contributed by atoms with Gasteiger partial charge in [-0.05, 0) is 37.0 Å². The maximum Gasteiger partial charge on any atom is 0.257 e. The predicted molar refractivity (Wildman–Crippen MR) is 80.4 cm³/mol. The third-order valence-corrected chi connectivity index (χ3v) is 4.79. The van der Waals surface area contributed by atoms with E-state index in [4.69, 9.17) is 14.9 Å². The minimum Gasteiger partial charge on any atom is -0.431 e. The van der Waals surface area contributed by atoms with Crippen LogP contribution in [0.4, 0.5) is 0 Å². The van der Waals surface area contributed by atoms with Gasteiger partial charge >= 0.3 is 0 Å². The molecule has 1 atom stereocenters. The molecule has 1 unspecified atom stereocenters. The summed E-state index contributed by atoms with van der Waals surface area (Å²) in [4.78, 5) is 4.46. The molecule has 1 aromatic carbocycles. The number of thioether (sulfide) groups is 1. The van der Waals surface area contributed by atoms with E-state index in [1.807, 2.05) is 36.4 Å². The zero-order valence-corrected chi connectivity index (χ0v) is 12.2. The van der Waals surface area contributed by atoms with Crippen LogP contribution in [0.15, 0.2) is 45.1 Å². The largest absolute Gasteiger partial charge is 0.431 e. The topological polar surface area (TPSA) is 73.6 Å². The highest BCUT2D eigenvalue weighted by molar-refractivity contribution is 7.99. The Morgan fingerprint density at radius 2 is 2.05 bits per heavy atom. The zero-order chi connectivity index (χ0) is 14.7. The molecule has 1 fully saturated rings. The van der Waals surface area contributed by atoms with Gasteiger partial charge in [-0.1, -0.05) is 30.3 Å². The van der Waals surface area contributed by atoms with Gasteiger partial charge < -0.3 is 4.42 Å².